The molecule has 5 nitrogen and oxygen atoms in total. The fraction of sp³-hybridized carbons (Fsp3) is 0.882. The summed E-state index contributed by atoms with van der Waals surface area (Å²) in [6.07, 6.45) is 5.65. The summed E-state index contributed by atoms with van der Waals surface area (Å²) in [4.78, 5) is 28.4. The summed E-state index contributed by atoms with van der Waals surface area (Å²) in [5.41, 5.74) is 0. The minimum atomic E-state index is 0.303. The average molecular weight is 340 g/mol. The summed E-state index contributed by atoms with van der Waals surface area (Å²) in [6.45, 7) is 4.59. The monoisotopic (exact) mass is 339 g/mol. The SMILES string of the molecule is O=C(CC1CSCCN1)N1CCC(CN2CCCCC2=O)CC1. The second-order valence-electron chi connectivity index (χ2n) is 7.05. The van der Waals surface area contributed by atoms with E-state index in [1.165, 1.54) is 0 Å². The van der Waals surface area contributed by atoms with E-state index in [4.69, 9.17) is 0 Å². The van der Waals surface area contributed by atoms with Gasteiger partial charge in [0.15, 0.2) is 0 Å². The zero-order valence-electron chi connectivity index (χ0n) is 14.0. The molecule has 23 heavy (non-hydrogen) atoms. The van der Waals surface area contributed by atoms with Crippen molar-refractivity contribution in [2.45, 2.75) is 44.6 Å². The molecule has 1 unspecified atom stereocenters. The first-order valence-electron chi connectivity index (χ1n) is 9.09. The Labute approximate surface area is 143 Å². The second-order valence-corrected chi connectivity index (χ2v) is 8.20. The number of carbonyl (C=O) groups excluding carboxylic acids is 2. The Morgan fingerprint density at radius 3 is 2.74 bits per heavy atom. The first-order chi connectivity index (χ1) is 11.2. The van der Waals surface area contributed by atoms with Gasteiger partial charge in [0, 0.05) is 63.1 Å². The number of hydrogen-bond acceptors (Lipinski definition) is 4. The molecule has 3 heterocycles. The Kier molecular flexibility index (Phi) is 6.22. The Morgan fingerprint density at radius 2 is 2.04 bits per heavy atom. The smallest absolute Gasteiger partial charge is 0.224 e. The Morgan fingerprint density at radius 1 is 1.22 bits per heavy atom. The lowest BCUT2D eigenvalue weighted by atomic mass is 9.94. The molecule has 3 saturated heterocycles. The van der Waals surface area contributed by atoms with E-state index < -0.39 is 0 Å². The van der Waals surface area contributed by atoms with Gasteiger partial charge in [0.1, 0.15) is 0 Å². The summed E-state index contributed by atoms with van der Waals surface area (Å²) in [7, 11) is 0. The molecule has 0 aliphatic carbocycles. The maximum absolute atomic E-state index is 12.4. The minimum absolute atomic E-state index is 0.303. The number of thioether (sulfide) groups is 1. The van der Waals surface area contributed by atoms with Crippen LogP contribution in [-0.4, -0.2) is 71.9 Å². The average Bonchev–Trinajstić information content (AvgIpc) is 2.58. The van der Waals surface area contributed by atoms with E-state index in [1.54, 1.807) is 0 Å². The molecule has 1 N–H and O–H groups in total. The van der Waals surface area contributed by atoms with Gasteiger partial charge >= 0.3 is 0 Å². The van der Waals surface area contributed by atoms with Crippen molar-refractivity contribution in [1.29, 1.82) is 0 Å². The topological polar surface area (TPSA) is 52.7 Å². The summed E-state index contributed by atoms with van der Waals surface area (Å²) < 4.78 is 0. The van der Waals surface area contributed by atoms with Gasteiger partial charge in [0.05, 0.1) is 0 Å². The third kappa shape index (κ3) is 4.86. The summed E-state index contributed by atoms with van der Waals surface area (Å²) in [5.74, 6) is 3.42. The molecule has 3 aliphatic rings. The Bertz CT molecular complexity index is 418. The largest absolute Gasteiger partial charge is 0.343 e. The van der Waals surface area contributed by atoms with Crippen molar-refractivity contribution in [3.8, 4) is 0 Å². The standard InChI is InChI=1S/C17H29N3O2S/c21-16-3-1-2-7-20(16)12-14-4-8-19(9-5-14)17(22)11-15-13-23-10-6-18-15/h14-15,18H,1-13H2. The highest BCUT2D eigenvalue weighted by Crippen LogP contribution is 2.22. The van der Waals surface area contributed by atoms with Gasteiger partial charge in [0.25, 0.3) is 0 Å². The van der Waals surface area contributed by atoms with Crippen molar-refractivity contribution < 1.29 is 9.59 Å². The normalized spacial score (nSPS) is 27.3. The highest BCUT2D eigenvalue weighted by atomic mass is 32.2. The van der Waals surface area contributed by atoms with Crippen LogP contribution in [0, 0.1) is 5.92 Å². The van der Waals surface area contributed by atoms with E-state index in [0.29, 0.717) is 30.2 Å². The third-order valence-electron chi connectivity index (χ3n) is 5.29. The van der Waals surface area contributed by atoms with Gasteiger partial charge < -0.3 is 15.1 Å². The van der Waals surface area contributed by atoms with Crippen LogP contribution in [-0.2, 0) is 9.59 Å². The number of hydrogen-bond donors (Lipinski definition) is 1. The quantitative estimate of drug-likeness (QED) is 0.840. The van der Waals surface area contributed by atoms with Crippen molar-refractivity contribution in [2.75, 3.05) is 44.2 Å². The van der Waals surface area contributed by atoms with Gasteiger partial charge in [-0.3, -0.25) is 9.59 Å². The molecule has 2 amide bonds. The molecule has 0 aromatic rings. The van der Waals surface area contributed by atoms with Gasteiger partial charge in [0.2, 0.25) is 11.8 Å². The predicted octanol–water partition coefficient (Wildman–Crippen LogP) is 1.33. The van der Waals surface area contributed by atoms with Gasteiger partial charge in [-0.25, -0.2) is 0 Å². The minimum Gasteiger partial charge on any atom is -0.343 e. The molecular weight excluding hydrogens is 310 g/mol. The Balaban J connectivity index is 1.39. The number of rotatable bonds is 4. The molecule has 3 rings (SSSR count). The van der Waals surface area contributed by atoms with E-state index in [-0.39, 0.29) is 0 Å². The highest BCUT2D eigenvalue weighted by Gasteiger charge is 2.28. The van der Waals surface area contributed by atoms with E-state index >= 15 is 0 Å². The number of likely N-dealkylation sites (tertiary alicyclic amines) is 2. The maximum Gasteiger partial charge on any atom is 0.224 e. The van der Waals surface area contributed by atoms with Crippen LogP contribution in [0.25, 0.3) is 0 Å². The summed E-state index contributed by atoms with van der Waals surface area (Å²) >= 11 is 1.94. The van der Waals surface area contributed by atoms with Crippen LogP contribution in [0.15, 0.2) is 0 Å². The highest BCUT2D eigenvalue weighted by molar-refractivity contribution is 7.99. The van der Waals surface area contributed by atoms with Crippen LogP contribution in [0.4, 0.5) is 0 Å². The van der Waals surface area contributed by atoms with Crippen LogP contribution in [0.1, 0.15) is 38.5 Å². The van der Waals surface area contributed by atoms with Crippen LogP contribution >= 0.6 is 11.8 Å². The second kappa shape index (κ2) is 8.38. The molecule has 3 fully saturated rings. The van der Waals surface area contributed by atoms with Crippen molar-refractivity contribution in [1.82, 2.24) is 15.1 Å². The van der Waals surface area contributed by atoms with Crippen LogP contribution in [0.5, 0.6) is 0 Å². The first kappa shape index (κ1) is 17.1. The van der Waals surface area contributed by atoms with Gasteiger partial charge in [-0.05, 0) is 31.6 Å². The predicted molar refractivity (Wildman–Crippen MR) is 93.5 cm³/mol. The summed E-state index contributed by atoms with van der Waals surface area (Å²) in [5, 5.41) is 3.44. The molecule has 130 valence electrons. The summed E-state index contributed by atoms with van der Waals surface area (Å²) in [6, 6.07) is 0.352. The van der Waals surface area contributed by atoms with E-state index in [2.05, 4.69) is 10.2 Å². The number of amides is 2. The molecule has 0 spiro atoms. The van der Waals surface area contributed by atoms with E-state index in [0.717, 1.165) is 76.3 Å². The maximum atomic E-state index is 12.4. The molecule has 0 aromatic heterocycles. The molecule has 6 heteroatoms. The fourth-order valence-corrected chi connectivity index (χ4v) is 4.77. The van der Waals surface area contributed by atoms with Crippen molar-refractivity contribution in [3.63, 3.8) is 0 Å². The van der Waals surface area contributed by atoms with Gasteiger partial charge in [-0.1, -0.05) is 0 Å². The lowest BCUT2D eigenvalue weighted by Crippen LogP contribution is -2.46. The molecule has 0 saturated carbocycles. The van der Waals surface area contributed by atoms with Crippen LogP contribution in [0.2, 0.25) is 0 Å². The third-order valence-corrected chi connectivity index (χ3v) is 6.42. The lowest BCUT2D eigenvalue weighted by Gasteiger charge is -2.36. The Hall–Kier alpha value is -0.750. The van der Waals surface area contributed by atoms with E-state index in [9.17, 15) is 9.59 Å². The molecule has 1 atom stereocenters. The van der Waals surface area contributed by atoms with Crippen molar-refractivity contribution in [3.05, 3.63) is 0 Å². The zero-order chi connectivity index (χ0) is 16.1. The first-order valence-corrected chi connectivity index (χ1v) is 10.2. The van der Waals surface area contributed by atoms with Crippen LogP contribution < -0.4 is 5.32 Å². The van der Waals surface area contributed by atoms with Crippen LogP contribution in [0.3, 0.4) is 0 Å². The molecular formula is C17H29N3O2S. The number of nitrogens with one attached hydrogen (secondary N) is 1. The number of carbonyl (C=O) groups is 2. The molecule has 0 bridgehead atoms. The zero-order valence-corrected chi connectivity index (χ0v) is 14.8. The van der Waals surface area contributed by atoms with E-state index in [1.807, 2.05) is 16.7 Å². The molecule has 3 aliphatic heterocycles. The van der Waals surface area contributed by atoms with Gasteiger partial charge in [-0.15, -0.1) is 0 Å². The number of nitrogens with zero attached hydrogens (tertiary/aromatic N) is 2. The number of piperidine rings is 2. The molecule has 0 radical (unpaired) electrons. The lowest BCUT2D eigenvalue weighted by molar-refractivity contribution is -0.136. The van der Waals surface area contributed by atoms with Crippen molar-refractivity contribution >= 4 is 23.6 Å². The molecule has 0 aromatic carbocycles. The fourth-order valence-electron chi connectivity index (χ4n) is 3.82. The van der Waals surface area contributed by atoms with Gasteiger partial charge in [-0.2, -0.15) is 11.8 Å². The van der Waals surface area contributed by atoms with Crippen molar-refractivity contribution in [2.24, 2.45) is 5.92 Å².